The molecule has 134 valence electrons. The number of hydrogen-bond acceptors (Lipinski definition) is 4. The van der Waals surface area contributed by atoms with Crippen LogP contribution in [0.15, 0.2) is 17.1 Å². The quantitative estimate of drug-likeness (QED) is 0.616. The van der Waals surface area contributed by atoms with Crippen molar-refractivity contribution in [1.82, 2.24) is 15.5 Å². The molecule has 0 saturated carbocycles. The Morgan fingerprint density at radius 2 is 2.21 bits per heavy atom. The average molecular weight is 373 g/mol. The lowest BCUT2D eigenvalue weighted by molar-refractivity contribution is 0.0963. The van der Waals surface area contributed by atoms with Gasteiger partial charge in [-0.25, -0.2) is 4.79 Å². The van der Waals surface area contributed by atoms with Crippen molar-refractivity contribution < 1.29 is 9.53 Å². The van der Waals surface area contributed by atoms with Gasteiger partial charge in [0.2, 0.25) is 0 Å². The molecule has 0 aromatic carbocycles. The monoisotopic (exact) mass is 372 g/mol. The first-order valence-electron chi connectivity index (χ1n) is 8.25. The van der Waals surface area contributed by atoms with Crippen molar-refractivity contribution in [3.8, 4) is 0 Å². The Kier molecular flexibility index (Phi) is 7.65. The summed E-state index contributed by atoms with van der Waals surface area (Å²) in [4.78, 5) is 19.0. The maximum absolute atomic E-state index is 11.7. The smallest absolute Gasteiger partial charge is 0.409 e. The van der Waals surface area contributed by atoms with Crippen LogP contribution in [0.25, 0.3) is 0 Å². The molecule has 1 amide bonds. The molecule has 0 atom stereocenters. The zero-order valence-corrected chi connectivity index (χ0v) is 15.8. The SMILES string of the molecule is CCOC(=O)N1CCC(NC(=NC)NCCc2ccc(Cl)s2)CC1. The molecule has 6 nitrogen and oxygen atoms in total. The fraction of sp³-hybridized carbons (Fsp3) is 0.625. The summed E-state index contributed by atoms with van der Waals surface area (Å²) < 4.78 is 5.86. The number of guanidine groups is 1. The number of likely N-dealkylation sites (tertiary alicyclic amines) is 1. The standard InChI is InChI=1S/C16H25ClN4O2S/c1-3-23-16(22)21-10-7-12(8-11-21)20-15(18-2)19-9-6-13-4-5-14(17)24-13/h4-5,12H,3,6-11H2,1-2H3,(H2,18,19,20). The molecular formula is C16H25ClN4O2S. The summed E-state index contributed by atoms with van der Waals surface area (Å²) in [7, 11) is 1.77. The van der Waals surface area contributed by atoms with E-state index in [2.05, 4.69) is 21.7 Å². The molecule has 0 bridgehead atoms. The number of nitrogens with zero attached hydrogens (tertiary/aromatic N) is 2. The van der Waals surface area contributed by atoms with Gasteiger partial charge in [0.25, 0.3) is 0 Å². The topological polar surface area (TPSA) is 66.0 Å². The molecule has 2 rings (SSSR count). The van der Waals surface area contributed by atoms with Crippen LogP contribution in [0.3, 0.4) is 0 Å². The van der Waals surface area contributed by atoms with Crippen LogP contribution in [0, 0.1) is 0 Å². The Balaban J connectivity index is 1.69. The number of rotatable bonds is 5. The van der Waals surface area contributed by atoms with E-state index < -0.39 is 0 Å². The van der Waals surface area contributed by atoms with Gasteiger partial charge in [0.05, 0.1) is 10.9 Å². The maximum atomic E-state index is 11.7. The highest BCUT2D eigenvalue weighted by molar-refractivity contribution is 7.16. The molecule has 1 aromatic rings. The number of halogens is 1. The molecule has 0 radical (unpaired) electrons. The minimum atomic E-state index is -0.215. The van der Waals surface area contributed by atoms with Crippen molar-refractivity contribution in [1.29, 1.82) is 0 Å². The fourth-order valence-electron chi connectivity index (χ4n) is 2.60. The number of nitrogens with one attached hydrogen (secondary N) is 2. The number of carbonyl (C=O) groups is 1. The van der Waals surface area contributed by atoms with Gasteiger partial charge in [-0.2, -0.15) is 0 Å². The third-order valence-corrected chi connectivity index (χ3v) is 5.17. The highest BCUT2D eigenvalue weighted by atomic mass is 35.5. The number of aliphatic imine (C=N–C) groups is 1. The lowest BCUT2D eigenvalue weighted by atomic mass is 10.1. The lowest BCUT2D eigenvalue weighted by Gasteiger charge is -2.32. The molecule has 1 aliphatic heterocycles. The Morgan fingerprint density at radius 1 is 1.46 bits per heavy atom. The second kappa shape index (κ2) is 9.74. The molecule has 0 aliphatic carbocycles. The van der Waals surface area contributed by atoms with E-state index in [1.54, 1.807) is 23.3 Å². The number of hydrogen-bond donors (Lipinski definition) is 2. The molecule has 1 aromatic heterocycles. The van der Waals surface area contributed by atoms with Crippen LogP contribution in [0.1, 0.15) is 24.6 Å². The summed E-state index contributed by atoms with van der Waals surface area (Å²) in [5.74, 6) is 0.798. The molecule has 24 heavy (non-hydrogen) atoms. The number of amides is 1. The average Bonchev–Trinajstić information content (AvgIpc) is 3.00. The molecule has 1 aliphatic rings. The molecule has 2 N–H and O–H groups in total. The number of thiophene rings is 1. The molecule has 2 heterocycles. The normalized spacial score (nSPS) is 16.1. The van der Waals surface area contributed by atoms with E-state index in [1.165, 1.54) is 4.88 Å². The first kappa shape index (κ1) is 18.9. The van der Waals surface area contributed by atoms with Gasteiger partial charge in [-0.3, -0.25) is 4.99 Å². The van der Waals surface area contributed by atoms with Gasteiger partial charge in [-0.15, -0.1) is 11.3 Å². The van der Waals surface area contributed by atoms with Crippen molar-refractivity contribution in [3.63, 3.8) is 0 Å². The van der Waals surface area contributed by atoms with Crippen LogP contribution < -0.4 is 10.6 Å². The number of carbonyl (C=O) groups excluding carboxylic acids is 1. The molecular weight excluding hydrogens is 348 g/mol. The van der Waals surface area contributed by atoms with Crippen LogP contribution in [-0.4, -0.2) is 56.3 Å². The van der Waals surface area contributed by atoms with Crippen LogP contribution in [-0.2, 0) is 11.2 Å². The van der Waals surface area contributed by atoms with Crippen LogP contribution in [0.2, 0.25) is 4.34 Å². The van der Waals surface area contributed by atoms with E-state index >= 15 is 0 Å². The summed E-state index contributed by atoms with van der Waals surface area (Å²) in [5, 5.41) is 6.75. The molecule has 0 spiro atoms. The van der Waals surface area contributed by atoms with Gasteiger partial charge < -0.3 is 20.3 Å². The lowest BCUT2D eigenvalue weighted by Crippen LogP contribution is -2.50. The van der Waals surface area contributed by atoms with Gasteiger partial charge in [0, 0.05) is 37.6 Å². The van der Waals surface area contributed by atoms with E-state index in [0.717, 1.165) is 36.1 Å². The zero-order chi connectivity index (χ0) is 17.4. The van der Waals surface area contributed by atoms with Crippen molar-refractivity contribution in [2.45, 2.75) is 32.2 Å². The highest BCUT2D eigenvalue weighted by Gasteiger charge is 2.23. The third kappa shape index (κ3) is 5.87. The summed E-state index contributed by atoms with van der Waals surface area (Å²) in [5.41, 5.74) is 0. The van der Waals surface area contributed by atoms with Gasteiger partial charge in [0.1, 0.15) is 0 Å². The second-order valence-electron chi connectivity index (χ2n) is 5.56. The van der Waals surface area contributed by atoms with Gasteiger partial charge >= 0.3 is 6.09 Å². The van der Waals surface area contributed by atoms with E-state index in [4.69, 9.17) is 16.3 Å². The summed E-state index contributed by atoms with van der Waals surface area (Å²) >= 11 is 7.54. The molecule has 0 unspecified atom stereocenters. The Hall–Kier alpha value is -1.47. The minimum Gasteiger partial charge on any atom is -0.450 e. The first-order chi connectivity index (χ1) is 11.6. The summed E-state index contributed by atoms with van der Waals surface area (Å²) in [6.07, 6.45) is 2.48. The van der Waals surface area contributed by atoms with Crippen molar-refractivity contribution in [2.24, 2.45) is 4.99 Å². The third-order valence-electron chi connectivity index (χ3n) is 3.88. The first-order valence-corrected chi connectivity index (χ1v) is 9.45. The van der Waals surface area contributed by atoms with E-state index in [1.807, 2.05) is 13.0 Å². The van der Waals surface area contributed by atoms with Crippen LogP contribution in [0.4, 0.5) is 4.79 Å². The van der Waals surface area contributed by atoms with E-state index in [9.17, 15) is 4.79 Å². The van der Waals surface area contributed by atoms with Crippen LogP contribution >= 0.6 is 22.9 Å². The van der Waals surface area contributed by atoms with Gasteiger partial charge in [-0.1, -0.05) is 11.6 Å². The Bertz CT molecular complexity index is 556. The summed E-state index contributed by atoms with van der Waals surface area (Å²) in [6, 6.07) is 4.29. The van der Waals surface area contributed by atoms with Gasteiger partial charge in [-0.05, 0) is 38.3 Å². The molecule has 1 saturated heterocycles. The van der Waals surface area contributed by atoms with Crippen molar-refractivity contribution in [2.75, 3.05) is 33.3 Å². The van der Waals surface area contributed by atoms with E-state index in [-0.39, 0.29) is 6.09 Å². The minimum absolute atomic E-state index is 0.215. The summed E-state index contributed by atoms with van der Waals surface area (Å²) in [6.45, 7) is 4.47. The molecule has 1 fully saturated rings. The Labute approximate surface area is 152 Å². The van der Waals surface area contributed by atoms with Crippen molar-refractivity contribution >= 4 is 35.0 Å². The largest absolute Gasteiger partial charge is 0.450 e. The number of piperidine rings is 1. The zero-order valence-electron chi connectivity index (χ0n) is 14.2. The molecule has 8 heteroatoms. The fourth-order valence-corrected chi connectivity index (χ4v) is 3.69. The number of ether oxygens (including phenoxy) is 1. The van der Waals surface area contributed by atoms with Crippen molar-refractivity contribution in [3.05, 3.63) is 21.3 Å². The predicted molar refractivity (Wildman–Crippen MR) is 99.1 cm³/mol. The Morgan fingerprint density at radius 3 is 2.79 bits per heavy atom. The van der Waals surface area contributed by atoms with E-state index in [0.29, 0.717) is 25.7 Å². The van der Waals surface area contributed by atoms with Gasteiger partial charge in [0.15, 0.2) is 5.96 Å². The second-order valence-corrected chi connectivity index (χ2v) is 7.36. The highest BCUT2D eigenvalue weighted by Crippen LogP contribution is 2.21. The maximum Gasteiger partial charge on any atom is 0.409 e. The predicted octanol–water partition coefficient (Wildman–Crippen LogP) is 2.73. The van der Waals surface area contributed by atoms with Crippen LogP contribution in [0.5, 0.6) is 0 Å².